The summed E-state index contributed by atoms with van der Waals surface area (Å²) in [5.41, 5.74) is 0.892. The van der Waals surface area contributed by atoms with E-state index in [4.69, 9.17) is 20.8 Å². The van der Waals surface area contributed by atoms with Gasteiger partial charge in [-0.1, -0.05) is 17.7 Å². The van der Waals surface area contributed by atoms with Crippen LogP contribution in [0.1, 0.15) is 11.3 Å². The smallest absolute Gasteiger partial charge is 0.266 e. The fraction of sp³-hybridized carbons (Fsp3) is 0.158. The largest absolute Gasteiger partial charge is 0.484 e. The number of furan rings is 1. The second-order valence-electron chi connectivity index (χ2n) is 5.45. The van der Waals surface area contributed by atoms with Crippen LogP contribution in [0, 0.1) is 6.92 Å². The molecule has 0 fully saturated rings. The van der Waals surface area contributed by atoms with Crippen molar-refractivity contribution in [3.05, 3.63) is 77.3 Å². The molecular formula is C19H17ClN2O3. The van der Waals surface area contributed by atoms with Crippen molar-refractivity contribution < 1.29 is 13.9 Å². The van der Waals surface area contributed by atoms with Gasteiger partial charge in [0, 0.05) is 11.2 Å². The van der Waals surface area contributed by atoms with E-state index < -0.39 is 0 Å². The Hall–Kier alpha value is -2.79. The van der Waals surface area contributed by atoms with E-state index in [1.54, 1.807) is 48.9 Å². The summed E-state index contributed by atoms with van der Waals surface area (Å²) < 4.78 is 11.0. The number of amides is 1. The van der Waals surface area contributed by atoms with Gasteiger partial charge in [0.15, 0.2) is 6.61 Å². The fourth-order valence-corrected chi connectivity index (χ4v) is 2.42. The van der Waals surface area contributed by atoms with E-state index in [9.17, 15) is 4.79 Å². The number of aryl methyl sites for hydroxylation is 1. The molecule has 0 aliphatic heterocycles. The number of ether oxygens (including phenoxy) is 1. The average molecular weight is 357 g/mol. The van der Waals surface area contributed by atoms with Crippen LogP contribution in [-0.4, -0.2) is 17.5 Å². The number of hydrogen-bond acceptors (Lipinski definition) is 4. The van der Waals surface area contributed by atoms with E-state index in [1.807, 2.05) is 19.1 Å². The van der Waals surface area contributed by atoms with E-state index >= 15 is 0 Å². The van der Waals surface area contributed by atoms with Crippen LogP contribution in [-0.2, 0) is 11.3 Å². The molecule has 5 nitrogen and oxygen atoms in total. The average Bonchev–Trinajstić information content (AvgIpc) is 3.14. The molecule has 3 aromatic rings. The Morgan fingerprint density at radius 3 is 2.80 bits per heavy atom. The van der Waals surface area contributed by atoms with E-state index in [2.05, 4.69) is 4.98 Å². The third-order valence-corrected chi connectivity index (χ3v) is 4.04. The minimum absolute atomic E-state index is 0.113. The van der Waals surface area contributed by atoms with Gasteiger partial charge in [-0.3, -0.25) is 9.69 Å². The summed E-state index contributed by atoms with van der Waals surface area (Å²) in [5.74, 6) is 1.58. The van der Waals surface area contributed by atoms with Gasteiger partial charge in [0.25, 0.3) is 5.91 Å². The summed E-state index contributed by atoms with van der Waals surface area (Å²) >= 11 is 6.00. The monoisotopic (exact) mass is 356 g/mol. The molecule has 1 aromatic carbocycles. The van der Waals surface area contributed by atoms with Crippen LogP contribution in [0.3, 0.4) is 0 Å². The molecule has 128 valence electrons. The lowest BCUT2D eigenvalue weighted by molar-refractivity contribution is -0.120. The highest BCUT2D eigenvalue weighted by Crippen LogP contribution is 2.21. The van der Waals surface area contributed by atoms with Gasteiger partial charge in [0.05, 0.1) is 12.8 Å². The number of carbonyl (C=O) groups excluding carboxylic acids is 1. The maximum atomic E-state index is 12.7. The third kappa shape index (κ3) is 4.39. The molecule has 2 heterocycles. The van der Waals surface area contributed by atoms with Crippen LogP contribution in [0.4, 0.5) is 5.82 Å². The van der Waals surface area contributed by atoms with E-state index in [-0.39, 0.29) is 19.1 Å². The molecule has 6 heteroatoms. The van der Waals surface area contributed by atoms with Gasteiger partial charge in [-0.2, -0.15) is 0 Å². The number of anilines is 1. The van der Waals surface area contributed by atoms with Crippen LogP contribution in [0.5, 0.6) is 5.75 Å². The van der Waals surface area contributed by atoms with E-state index in [0.29, 0.717) is 22.4 Å². The van der Waals surface area contributed by atoms with Crippen molar-refractivity contribution in [3.8, 4) is 5.75 Å². The van der Waals surface area contributed by atoms with Crippen LogP contribution < -0.4 is 9.64 Å². The van der Waals surface area contributed by atoms with Crippen molar-refractivity contribution >= 4 is 23.3 Å². The lowest BCUT2D eigenvalue weighted by atomic mass is 10.2. The molecular weight excluding hydrogens is 340 g/mol. The van der Waals surface area contributed by atoms with Crippen molar-refractivity contribution in [1.29, 1.82) is 0 Å². The summed E-state index contributed by atoms with van der Waals surface area (Å²) in [5, 5.41) is 0.659. The van der Waals surface area contributed by atoms with Crippen molar-refractivity contribution in [2.45, 2.75) is 13.5 Å². The highest BCUT2D eigenvalue weighted by atomic mass is 35.5. The molecule has 0 bridgehead atoms. The Morgan fingerprint density at radius 2 is 2.12 bits per heavy atom. The molecule has 3 rings (SSSR count). The Bertz CT molecular complexity index is 835. The lowest BCUT2D eigenvalue weighted by Gasteiger charge is -2.21. The number of benzene rings is 1. The first-order valence-electron chi connectivity index (χ1n) is 7.76. The Morgan fingerprint density at radius 1 is 1.24 bits per heavy atom. The van der Waals surface area contributed by atoms with Gasteiger partial charge < -0.3 is 9.15 Å². The van der Waals surface area contributed by atoms with Crippen molar-refractivity contribution in [3.63, 3.8) is 0 Å². The first-order chi connectivity index (χ1) is 12.1. The molecule has 0 unspecified atom stereocenters. The van der Waals surface area contributed by atoms with Gasteiger partial charge in [0.2, 0.25) is 0 Å². The molecule has 0 atom stereocenters. The molecule has 0 spiro atoms. The quantitative estimate of drug-likeness (QED) is 0.662. The van der Waals surface area contributed by atoms with Gasteiger partial charge in [-0.15, -0.1) is 0 Å². The standard InChI is InChI=1S/C19H17ClN2O3/c1-14-11-15(7-8-17(14)20)25-13-19(23)22(12-16-5-4-10-24-16)18-6-2-3-9-21-18/h2-11H,12-13H2,1H3. The molecule has 0 aliphatic carbocycles. The zero-order valence-corrected chi connectivity index (χ0v) is 14.4. The van der Waals surface area contributed by atoms with Crippen molar-refractivity contribution in [1.82, 2.24) is 4.98 Å². The highest BCUT2D eigenvalue weighted by Gasteiger charge is 2.19. The van der Waals surface area contributed by atoms with Gasteiger partial charge in [-0.25, -0.2) is 4.98 Å². The van der Waals surface area contributed by atoms with Gasteiger partial charge in [0.1, 0.15) is 17.3 Å². The van der Waals surface area contributed by atoms with Crippen LogP contribution in [0.15, 0.2) is 65.4 Å². The maximum absolute atomic E-state index is 12.7. The first-order valence-corrected chi connectivity index (χ1v) is 8.14. The molecule has 0 saturated carbocycles. The molecule has 0 radical (unpaired) electrons. The summed E-state index contributed by atoms with van der Waals surface area (Å²) in [6.45, 7) is 2.05. The lowest BCUT2D eigenvalue weighted by Crippen LogP contribution is -2.35. The SMILES string of the molecule is Cc1cc(OCC(=O)N(Cc2ccco2)c2ccccn2)ccc1Cl. The first kappa shape index (κ1) is 17.0. The number of rotatable bonds is 6. The van der Waals surface area contributed by atoms with Crippen LogP contribution in [0.25, 0.3) is 0 Å². The van der Waals surface area contributed by atoms with Gasteiger partial charge >= 0.3 is 0 Å². The Kier molecular flexibility index (Phi) is 5.36. The van der Waals surface area contributed by atoms with E-state index in [0.717, 1.165) is 5.56 Å². The number of aromatic nitrogens is 1. The number of carbonyl (C=O) groups is 1. The van der Waals surface area contributed by atoms with Crippen molar-refractivity contribution in [2.75, 3.05) is 11.5 Å². The minimum Gasteiger partial charge on any atom is -0.484 e. The zero-order valence-electron chi connectivity index (χ0n) is 13.7. The van der Waals surface area contributed by atoms with E-state index in [1.165, 1.54) is 4.90 Å². The second-order valence-corrected chi connectivity index (χ2v) is 5.85. The number of halogens is 1. The molecule has 1 amide bonds. The highest BCUT2D eigenvalue weighted by molar-refractivity contribution is 6.31. The second kappa shape index (κ2) is 7.85. The Labute approximate surface area is 150 Å². The fourth-order valence-electron chi connectivity index (χ4n) is 2.30. The normalized spacial score (nSPS) is 10.5. The molecule has 2 aromatic heterocycles. The summed E-state index contributed by atoms with van der Waals surface area (Å²) in [4.78, 5) is 18.5. The number of hydrogen-bond donors (Lipinski definition) is 0. The van der Waals surface area contributed by atoms with Gasteiger partial charge in [-0.05, 0) is 55.0 Å². The zero-order chi connectivity index (χ0) is 17.6. The molecule has 0 N–H and O–H groups in total. The topological polar surface area (TPSA) is 55.6 Å². The number of nitrogens with zero attached hydrogens (tertiary/aromatic N) is 2. The minimum atomic E-state index is -0.220. The number of pyridine rings is 1. The predicted octanol–water partition coefficient (Wildman–Crippen LogP) is 4.25. The predicted molar refractivity (Wildman–Crippen MR) is 95.8 cm³/mol. The maximum Gasteiger partial charge on any atom is 0.266 e. The Balaban J connectivity index is 1.73. The third-order valence-electron chi connectivity index (χ3n) is 3.61. The molecule has 25 heavy (non-hydrogen) atoms. The summed E-state index contributed by atoms with van der Waals surface area (Å²) in [7, 11) is 0. The molecule has 0 saturated heterocycles. The van der Waals surface area contributed by atoms with Crippen LogP contribution in [0.2, 0.25) is 5.02 Å². The van der Waals surface area contributed by atoms with Crippen LogP contribution >= 0.6 is 11.6 Å². The summed E-state index contributed by atoms with van der Waals surface area (Å²) in [6, 6.07) is 14.3. The van der Waals surface area contributed by atoms with Crippen molar-refractivity contribution in [2.24, 2.45) is 0 Å². The summed E-state index contributed by atoms with van der Waals surface area (Å²) in [6.07, 6.45) is 3.21. The molecule has 0 aliphatic rings.